The van der Waals surface area contributed by atoms with E-state index in [4.69, 9.17) is 21.7 Å². The van der Waals surface area contributed by atoms with E-state index < -0.39 is 0 Å². The fraction of sp³-hybridized carbons (Fsp3) is 0.500. The Balaban J connectivity index is 1.95. The van der Waals surface area contributed by atoms with Crippen LogP contribution in [0.3, 0.4) is 0 Å². The van der Waals surface area contributed by atoms with Crippen LogP contribution in [0.4, 0.5) is 5.69 Å². The van der Waals surface area contributed by atoms with Gasteiger partial charge in [-0.15, -0.1) is 0 Å². The third kappa shape index (κ3) is 4.42. The first-order valence-electron chi connectivity index (χ1n) is 7.55. The van der Waals surface area contributed by atoms with E-state index in [-0.39, 0.29) is 12.1 Å². The molecule has 22 heavy (non-hydrogen) atoms. The number of anilines is 1. The molecule has 0 aromatic heterocycles. The normalized spacial score (nSPS) is 17.1. The summed E-state index contributed by atoms with van der Waals surface area (Å²) in [6, 6.07) is 5.45. The highest BCUT2D eigenvalue weighted by molar-refractivity contribution is 7.80. The van der Waals surface area contributed by atoms with Gasteiger partial charge in [-0.3, -0.25) is 0 Å². The van der Waals surface area contributed by atoms with Gasteiger partial charge in [-0.25, -0.2) is 4.79 Å². The summed E-state index contributed by atoms with van der Waals surface area (Å²) in [4.78, 5) is 11.9. The van der Waals surface area contributed by atoms with E-state index in [1.807, 2.05) is 19.1 Å². The van der Waals surface area contributed by atoms with Crippen LogP contribution in [0.2, 0.25) is 0 Å². The first-order chi connectivity index (χ1) is 10.6. The molecule has 1 heterocycles. The van der Waals surface area contributed by atoms with E-state index in [0.29, 0.717) is 23.8 Å². The minimum atomic E-state index is -0.318. The molecular formula is C16H22N2O3S. The molecule has 1 aliphatic heterocycles. The van der Waals surface area contributed by atoms with Gasteiger partial charge in [0.2, 0.25) is 0 Å². The SMILES string of the molecule is CCOC(=O)c1cccc(NC(=S)NC[C@@H]2CCCO2)c1C. The van der Waals surface area contributed by atoms with Crippen molar-refractivity contribution in [3.8, 4) is 0 Å². The van der Waals surface area contributed by atoms with Gasteiger partial charge in [0.1, 0.15) is 0 Å². The second-order valence-electron chi connectivity index (χ2n) is 5.17. The van der Waals surface area contributed by atoms with Crippen molar-refractivity contribution in [2.45, 2.75) is 32.8 Å². The summed E-state index contributed by atoms with van der Waals surface area (Å²) in [5.74, 6) is -0.318. The van der Waals surface area contributed by atoms with Gasteiger partial charge in [0.15, 0.2) is 5.11 Å². The van der Waals surface area contributed by atoms with Gasteiger partial charge in [-0.1, -0.05) is 6.07 Å². The monoisotopic (exact) mass is 322 g/mol. The van der Waals surface area contributed by atoms with Gasteiger partial charge < -0.3 is 20.1 Å². The van der Waals surface area contributed by atoms with Crippen LogP contribution in [0.5, 0.6) is 0 Å². The molecule has 1 saturated heterocycles. The quantitative estimate of drug-likeness (QED) is 0.642. The Morgan fingerprint density at radius 2 is 2.32 bits per heavy atom. The maximum atomic E-state index is 11.9. The number of benzene rings is 1. The van der Waals surface area contributed by atoms with Gasteiger partial charge in [0.05, 0.1) is 18.3 Å². The van der Waals surface area contributed by atoms with Gasteiger partial charge in [0.25, 0.3) is 0 Å². The summed E-state index contributed by atoms with van der Waals surface area (Å²) < 4.78 is 10.6. The third-order valence-electron chi connectivity index (χ3n) is 3.59. The standard InChI is InChI=1S/C16H22N2O3S/c1-3-20-15(19)13-7-4-8-14(11(13)2)18-16(22)17-10-12-6-5-9-21-12/h4,7-8,12H,3,5-6,9-10H2,1-2H3,(H2,17,18,22)/t12-/m0/s1. The summed E-state index contributed by atoms with van der Waals surface area (Å²) in [6.07, 6.45) is 2.40. The van der Waals surface area contributed by atoms with Crippen molar-refractivity contribution >= 4 is 29.0 Å². The first kappa shape index (κ1) is 16.7. The van der Waals surface area contributed by atoms with Crippen LogP contribution in [0.1, 0.15) is 35.7 Å². The largest absolute Gasteiger partial charge is 0.462 e. The zero-order chi connectivity index (χ0) is 15.9. The maximum absolute atomic E-state index is 11.9. The molecular weight excluding hydrogens is 300 g/mol. The second-order valence-corrected chi connectivity index (χ2v) is 5.58. The lowest BCUT2D eigenvalue weighted by Crippen LogP contribution is -2.35. The molecule has 1 fully saturated rings. The van der Waals surface area contributed by atoms with Crippen molar-refractivity contribution in [3.63, 3.8) is 0 Å². The number of rotatable bonds is 5. The molecule has 1 atom stereocenters. The molecule has 1 aromatic rings. The van der Waals surface area contributed by atoms with Gasteiger partial charge >= 0.3 is 5.97 Å². The van der Waals surface area contributed by atoms with Crippen LogP contribution in [0.25, 0.3) is 0 Å². The Hall–Kier alpha value is -1.66. The highest BCUT2D eigenvalue weighted by Crippen LogP contribution is 2.20. The molecule has 0 unspecified atom stereocenters. The minimum absolute atomic E-state index is 0.228. The summed E-state index contributed by atoms with van der Waals surface area (Å²) >= 11 is 5.30. The molecule has 0 spiro atoms. The number of ether oxygens (including phenoxy) is 2. The molecule has 0 aliphatic carbocycles. The summed E-state index contributed by atoms with van der Waals surface area (Å²) in [5, 5.41) is 6.81. The summed E-state index contributed by atoms with van der Waals surface area (Å²) in [6.45, 7) is 5.55. The average molecular weight is 322 g/mol. The maximum Gasteiger partial charge on any atom is 0.338 e. The molecule has 5 nitrogen and oxygen atoms in total. The molecule has 120 valence electrons. The van der Waals surface area contributed by atoms with Crippen molar-refractivity contribution in [2.75, 3.05) is 25.1 Å². The van der Waals surface area contributed by atoms with Crippen molar-refractivity contribution in [2.24, 2.45) is 0 Å². The highest BCUT2D eigenvalue weighted by Gasteiger charge is 2.16. The Labute approximate surface area is 136 Å². The van der Waals surface area contributed by atoms with Gasteiger partial charge in [-0.05, 0) is 56.6 Å². The van der Waals surface area contributed by atoms with Crippen LogP contribution < -0.4 is 10.6 Å². The summed E-state index contributed by atoms with van der Waals surface area (Å²) in [7, 11) is 0. The molecule has 0 saturated carbocycles. The van der Waals surface area contributed by atoms with Crippen LogP contribution in [0.15, 0.2) is 18.2 Å². The first-order valence-corrected chi connectivity index (χ1v) is 7.95. The van der Waals surface area contributed by atoms with Crippen molar-refractivity contribution in [1.82, 2.24) is 5.32 Å². The highest BCUT2D eigenvalue weighted by atomic mass is 32.1. The number of hydrogen-bond donors (Lipinski definition) is 2. The van der Waals surface area contributed by atoms with Crippen LogP contribution in [-0.2, 0) is 9.47 Å². The number of carbonyl (C=O) groups excluding carboxylic acids is 1. The van der Waals surface area contributed by atoms with Gasteiger partial charge in [-0.2, -0.15) is 0 Å². The van der Waals surface area contributed by atoms with Crippen molar-refractivity contribution in [1.29, 1.82) is 0 Å². The second kappa shape index (κ2) is 8.10. The van der Waals surface area contributed by atoms with E-state index in [0.717, 1.165) is 30.7 Å². The lowest BCUT2D eigenvalue weighted by Gasteiger charge is -2.16. The molecule has 2 N–H and O–H groups in total. The van der Waals surface area contributed by atoms with Crippen LogP contribution in [-0.4, -0.2) is 36.9 Å². The molecule has 6 heteroatoms. The van der Waals surface area contributed by atoms with E-state index >= 15 is 0 Å². The Kier molecular flexibility index (Phi) is 6.15. The average Bonchev–Trinajstić information content (AvgIpc) is 3.01. The molecule has 0 radical (unpaired) electrons. The number of thiocarbonyl (C=S) groups is 1. The Morgan fingerprint density at radius 3 is 3.00 bits per heavy atom. The van der Waals surface area contributed by atoms with Crippen molar-refractivity contribution < 1.29 is 14.3 Å². The lowest BCUT2D eigenvalue weighted by molar-refractivity contribution is 0.0525. The summed E-state index contributed by atoms with van der Waals surface area (Å²) in [5.41, 5.74) is 2.17. The third-order valence-corrected chi connectivity index (χ3v) is 3.84. The zero-order valence-electron chi connectivity index (χ0n) is 13.0. The predicted molar refractivity (Wildman–Crippen MR) is 90.3 cm³/mol. The smallest absolute Gasteiger partial charge is 0.338 e. The molecule has 0 bridgehead atoms. The number of esters is 1. The molecule has 1 aromatic carbocycles. The molecule has 1 aliphatic rings. The lowest BCUT2D eigenvalue weighted by atomic mass is 10.1. The molecule has 0 amide bonds. The van der Waals surface area contributed by atoms with E-state index in [1.165, 1.54) is 0 Å². The topological polar surface area (TPSA) is 59.6 Å². The van der Waals surface area contributed by atoms with Crippen LogP contribution >= 0.6 is 12.2 Å². The van der Waals surface area contributed by atoms with Crippen molar-refractivity contribution in [3.05, 3.63) is 29.3 Å². The fourth-order valence-corrected chi connectivity index (χ4v) is 2.57. The Bertz CT molecular complexity index is 542. The van der Waals surface area contributed by atoms with E-state index in [2.05, 4.69) is 10.6 Å². The number of hydrogen-bond acceptors (Lipinski definition) is 4. The minimum Gasteiger partial charge on any atom is -0.462 e. The van der Waals surface area contributed by atoms with E-state index in [1.54, 1.807) is 13.0 Å². The van der Waals surface area contributed by atoms with Gasteiger partial charge in [0, 0.05) is 18.8 Å². The molecule has 2 rings (SSSR count). The number of nitrogens with one attached hydrogen (secondary N) is 2. The van der Waals surface area contributed by atoms with Crippen LogP contribution in [0, 0.1) is 6.92 Å². The van der Waals surface area contributed by atoms with E-state index in [9.17, 15) is 4.79 Å². The fourth-order valence-electron chi connectivity index (χ4n) is 2.38. The Morgan fingerprint density at radius 1 is 1.50 bits per heavy atom. The number of carbonyl (C=O) groups is 1. The predicted octanol–water partition coefficient (Wildman–Crippen LogP) is 2.64. The zero-order valence-corrected chi connectivity index (χ0v) is 13.8.